The highest BCUT2D eigenvalue weighted by Gasteiger charge is 2.12. The number of nitrogens with zero attached hydrogens (tertiary/aromatic N) is 3. The van der Waals surface area contributed by atoms with Crippen molar-refractivity contribution in [2.45, 2.75) is 44.6 Å². The van der Waals surface area contributed by atoms with Crippen LogP contribution in [0.3, 0.4) is 0 Å². The fourth-order valence-corrected chi connectivity index (χ4v) is 2.46. The van der Waals surface area contributed by atoms with Crippen molar-refractivity contribution in [1.29, 1.82) is 0 Å². The van der Waals surface area contributed by atoms with Crippen molar-refractivity contribution < 1.29 is 4.74 Å². The fraction of sp³-hybridized carbons (Fsp3) is 0.929. The summed E-state index contributed by atoms with van der Waals surface area (Å²) >= 11 is 0. The lowest BCUT2D eigenvalue weighted by Gasteiger charge is -2.23. The van der Waals surface area contributed by atoms with Crippen LogP contribution in [0.4, 0.5) is 0 Å². The molecule has 1 fully saturated rings. The molecule has 1 aliphatic carbocycles. The van der Waals surface area contributed by atoms with Gasteiger partial charge in [0, 0.05) is 28.2 Å². The molecular weight excluding hydrogens is 353 g/mol. The summed E-state index contributed by atoms with van der Waals surface area (Å²) in [6, 6.07) is 0. The molecule has 0 N–H and O–H groups in total. The molecule has 0 amide bonds. The zero-order chi connectivity index (χ0) is 13.4. The first-order chi connectivity index (χ1) is 8.61. The molecule has 1 rings (SSSR count). The first-order valence-electron chi connectivity index (χ1n) is 7.12. The standard InChI is InChI=1S/C14H29N3O.HI/c1-16(2)14(17(3)4)15-11-12-18-13-9-7-5-6-8-10-13;/h13H,5-12H2,1-4H3;1H. The van der Waals surface area contributed by atoms with Crippen LogP contribution in [0.15, 0.2) is 4.99 Å². The van der Waals surface area contributed by atoms with E-state index in [9.17, 15) is 0 Å². The maximum atomic E-state index is 5.93. The number of guanidine groups is 1. The van der Waals surface area contributed by atoms with Gasteiger partial charge in [0.15, 0.2) is 5.96 Å². The van der Waals surface area contributed by atoms with E-state index in [1.165, 1.54) is 38.5 Å². The van der Waals surface area contributed by atoms with Gasteiger partial charge >= 0.3 is 0 Å². The van der Waals surface area contributed by atoms with Gasteiger partial charge in [-0.2, -0.15) is 0 Å². The van der Waals surface area contributed by atoms with Gasteiger partial charge in [-0.3, -0.25) is 4.99 Å². The smallest absolute Gasteiger partial charge is 0.195 e. The zero-order valence-electron chi connectivity index (χ0n) is 12.9. The Balaban J connectivity index is 0.00000324. The normalized spacial score (nSPS) is 16.2. The van der Waals surface area contributed by atoms with Crippen LogP contribution in [0.2, 0.25) is 0 Å². The second kappa shape index (κ2) is 10.7. The third-order valence-corrected chi connectivity index (χ3v) is 3.30. The minimum absolute atomic E-state index is 0. The van der Waals surface area contributed by atoms with Gasteiger partial charge in [0.1, 0.15) is 0 Å². The molecule has 0 atom stereocenters. The lowest BCUT2D eigenvalue weighted by Crippen LogP contribution is -2.35. The number of halogens is 1. The fourth-order valence-electron chi connectivity index (χ4n) is 2.46. The second-order valence-electron chi connectivity index (χ2n) is 5.45. The second-order valence-corrected chi connectivity index (χ2v) is 5.45. The SMILES string of the molecule is CN(C)C(=NCCOC1CCCCCC1)N(C)C.I. The third kappa shape index (κ3) is 7.97. The van der Waals surface area contributed by atoms with Gasteiger partial charge in [0.25, 0.3) is 0 Å². The largest absolute Gasteiger partial charge is 0.376 e. The molecule has 19 heavy (non-hydrogen) atoms. The highest BCUT2D eigenvalue weighted by Crippen LogP contribution is 2.19. The van der Waals surface area contributed by atoms with Crippen molar-refractivity contribution in [1.82, 2.24) is 9.80 Å². The summed E-state index contributed by atoms with van der Waals surface area (Å²) in [4.78, 5) is 8.64. The molecule has 0 unspecified atom stereocenters. The predicted octanol–water partition coefficient (Wildman–Crippen LogP) is 2.82. The Morgan fingerprint density at radius 3 is 2.00 bits per heavy atom. The number of hydrogen-bond acceptors (Lipinski definition) is 2. The van der Waals surface area contributed by atoms with Crippen LogP contribution in [0.25, 0.3) is 0 Å². The molecule has 1 aliphatic rings. The Morgan fingerprint density at radius 1 is 1.00 bits per heavy atom. The van der Waals surface area contributed by atoms with E-state index in [4.69, 9.17) is 4.74 Å². The summed E-state index contributed by atoms with van der Waals surface area (Å²) in [6.45, 7) is 1.50. The maximum absolute atomic E-state index is 5.93. The van der Waals surface area contributed by atoms with E-state index >= 15 is 0 Å². The third-order valence-electron chi connectivity index (χ3n) is 3.30. The lowest BCUT2D eigenvalue weighted by molar-refractivity contribution is 0.0485. The molecule has 0 bridgehead atoms. The van der Waals surface area contributed by atoms with Crippen LogP contribution < -0.4 is 0 Å². The quantitative estimate of drug-likeness (QED) is 0.246. The van der Waals surface area contributed by atoms with E-state index in [0.29, 0.717) is 6.10 Å². The Kier molecular flexibility index (Phi) is 10.7. The summed E-state index contributed by atoms with van der Waals surface area (Å²) in [7, 11) is 8.08. The van der Waals surface area contributed by atoms with Gasteiger partial charge in [0.2, 0.25) is 0 Å². The van der Waals surface area contributed by atoms with Crippen molar-refractivity contribution in [3.63, 3.8) is 0 Å². The molecule has 114 valence electrons. The summed E-state index contributed by atoms with van der Waals surface area (Å²) in [6.07, 6.45) is 8.36. The summed E-state index contributed by atoms with van der Waals surface area (Å²) < 4.78 is 5.93. The van der Waals surface area contributed by atoms with E-state index < -0.39 is 0 Å². The van der Waals surface area contributed by atoms with Crippen LogP contribution >= 0.6 is 24.0 Å². The van der Waals surface area contributed by atoms with Crippen LogP contribution in [0, 0.1) is 0 Å². The minimum Gasteiger partial charge on any atom is -0.376 e. The zero-order valence-corrected chi connectivity index (χ0v) is 15.2. The average molecular weight is 383 g/mol. The Morgan fingerprint density at radius 2 is 1.53 bits per heavy atom. The summed E-state index contributed by atoms with van der Waals surface area (Å²) in [5.41, 5.74) is 0. The first-order valence-corrected chi connectivity index (χ1v) is 7.12. The number of hydrogen-bond donors (Lipinski definition) is 0. The topological polar surface area (TPSA) is 28.1 Å². The molecule has 0 saturated heterocycles. The van der Waals surface area contributed by atoms with E-state index in [0.717, 1.165) is 19.1 Å². The molecule has 5 heteroatoms. The molecule has 0 aromatic rings. The van der Waals surface area contributed by atoms with Crippen LogP contribution in [-0.2, 0) is 4.74 Å². The summed E-state index contributed by atoms with van der Waals surface area (Å²) in [5.74, 6) is 1.000. The van der Waals surface area contributed by atoms with Crippen molar-refractivity contribution in [2.75, 3.05) is 41.3 Å². The molecule has 0 aromatic carbocycles. The molecule has 0 aromatic heterocycles. The number of aliphatic imine (C=N–C) groups is 1. The molecular formula is C14H30IN3O. The monoisotopic (exact) mass is 383 g/mol. The Labute approximate surface area is 135 Å². The molecule has 0 aliphatic heterocycles. The Bertz CT molecular complexity index is 239. The van der Waals surface area contributed by atoms with Gasteiger partial charge in [-0.05, 0) is 12.8 Å². The van der Waals surface area contributed by atoms with Crippen molar-refractivity contribution >= 4 is 29.9 Å². The van der Waals surface area contributed by atoms with Crippen molar-refractivity contribution in [2.24, 2.45) is 4.99 Å². The van der Waals surface area contributed by atoms with Gasteiger partial charge < -0.3 is 14.5 Å². The van der Waals surface area contributed by atoms with Gasteiger partial charge in [-0.15, -0.1) is 24.0 Å². The van der Waals surface area contributed by atoms with Gasteiger partial charge in [-0.1, -0.05) is 25.7 Å². The molecule has 0 heterocycles. The average Bonchev–Trinajstić information content (AvgIpc) is 2.56. The Hall–Kier alpha value is -0.0400. The molecule has 4 nitrogen and oxygen atoms in total. The maximum Gasteiger partial charge on any atom is 0.195 e. The molecule has 0 radical (unpaired) electrons. The van der Waals surface area contributed by atoms with Crippen molar-refractivity contribution in [3.8, 4) is 0 Å². The minimum atomic E-state index is 0. The number of rotatable bonds is 4. The molecule has 0 spiro atoms. The van der Waals surface area contributed by atoms with Gasteiger partial charge in [-0.25, -0.2) is 0 Å². The highest BCUT2D eigenvalue weighted by molar-refractivity contribution is 14.0. The lowest BCUT2D eigenvalue weighted by atomic mass is 10.1. The van der Waals surface area contributed by atoms with E-state index in [1.54, 1.807) is 0 Å². The van der Waals surface area contributed by atoms with E-state index in [1.807, 2.05) is 38.0 Å². The van der Waals surface area contributed by atoms with Crippen LogP contribution in [0.5, 0.6) is 0 Å². The molecule has 1 saturated carbocycles. The van der Waals surface area contributed by atoms with Gasteiger partial charge in [0.05, 0.1) is 19.3 Å². The highest BCUT2D eigenvalue weighted by atomic mass is 127. The van der Waals surface area contributed by atoms with E-state index in [-0.39, 0.29) is 24.0 Å². The summed E-state index contributed by atoms with van der Waals surface area (Å²) in [5, 5.41) is 0. The van der Waals surface area contributed by atoms with Crippen LogP contribution in [-0.4, -0.2) is 63.2 Å². The van der Waals surface area contributed by atoms with Crippen molar-refractivity contribution in [3.05, 3.63) is 0 Å². The number of ether oxygens (including phenoxy) is 1. The predicted molar refractivity (Wildman–Crippen MR) is 92.5 cm³/mol. The van der Waals surface area contributed by atoms with E-state index in [2.05, 4.69) is 4.99 Å². The first kappa shape index (κ1) is 19.0. The van der Waals surface area contributed by atoms with Crippen LogP contribution in [0.1, 0.15) is 38.5 Å².